The van der Waals surface area contributed by atoms with Crippen molar-refractivity contribution in [3.63, 3.8) is 0 Å². The fourth-order valence-electron chi connectivity index (χ4n) is 2.36. The molecule has 2 rings (SSSR count). The second-order valence-corrected chi connectivity index (χ2v) is 7.29. The third-order valence-electron chi connectivity index (χ3n) is 3.49. The summed E-state index contributed by atoms with van der Waals surface area (Å²) in [6, 6.07) is 0. The molecule has 0 aromatic carbocycles. The van der Waals surface area contributed by atoms with Crippen molar-refractivity contribution in [2.24, 2.45) is 5.92 Å². The average molecular weight is 302 g/mol. The summed E-state index contributed by atoms with van der Waals surface area (Å²) in [5.74, 6) is 0.273. The molecule has 0 amide bonds. The molecular weight excluding hydrogens is 283 g/mol. The summed E-state index contributed by atoms with van der Waals surface area (Å²) in [6.07, 6.45) is 5.42. The molecule has 1 aromatic rings. The van der Waals surface area contributed by atoms with Gasteiger partial charge in [-0.15, -0.1) is 0 Å². The first-order chi connectivity index (χ1) is 9.36. The lowest BCUT2D eigenvalue weighted by molar-refractivity contribution is 0.335. The Kier molecular flexibility index (Phi) is 4.54. The van der Waals surface area contributed by atoms with Crippen LogP contribution in [-0.2, 0) is 10.0 Å². The van der Waals surface area contributed by atoms with Crippen molar-refractivity contribution in [1.29, 1.82) is 0 Å². The molecular formula is C12H19FN4O2S. The van der Waals surface area contributed by atoms with Gasteiger partial charge >= 0.3 is 0 Å². The molecule has 6 nitrogen and oxygen atoms in total. The Morgan fingerprint density at radius 2 is 2.10 bits per heavy atom. The van der Waals surface area contributed by atoms with E-state index in [1.807, 2.05) is 4.90 Å². The van der Waals surface area contributed by atoms with Crippen LogP contribution in [0.5, 0.6) is 0 Å². The molecule has 20 heavy (non-hydrogen) atoms. The van der Waals surface area contributed by atoms with Crippen LogP contribution in [0.4, 0.5) is 10.3 Å². The molecule has 1 aliphatic heterocycles. The van der Waals surface area contributed by atoms with E-state index in [4.69, 9.17) is 0 Å². The molecule has 1 aliphatic rings. The van der Waals surface area contributed by atoms with Gasteiger partial charge in [0.05, 0.1) is 18.6 Å². The van der Waals surface area contributed by atoms with Crippen LogP contribution < -0.4 is 4.90 Å². The highest BCUT2D eigenvalue weighted by Gasteiger charge is 2.25. The molecule has 0 aliphatic carbocycles. The predicted octanol–water partition coefficient (Wildman–Crippen LogP) is 0.723. The lowest BCUT2D eigenvalue weighted by Gasteiger charge is -2.34. The van der Waals surface area contributed by atoms with Crippen LogP contribution in [0.3, 0.4) is 0 Å². The summed E-state index contributed by atoms with van der Waals surface area (Å²) >= 11 is 0. The summed E-state index contributed by atoms with van der Waals surface area (Å²) in [7, 11) is -1.57. The van der Waals surface area contributed by atoms with Crippen molar-refractivity contribution in [3.05, 3.63) is 18.2 Å². The fraction of sp³-hybridized carbons (Fsp3) is 0.667. The molecule has 0 N–H and O–H groups in total. The quantitative estimate of drug-likeness (QED) is 0.820. The minimum atomic E-state index is -3.16. The van der Waals surface area contributed by atoms with Crippen molar-refractivity contribution in [2.45, 2.75) is 12.8 Å². The largest absolute Gasteiger partial charge is 0.340 e. The third kappa shape index (κ3) is 3.86. The van der Waals surface area contributed by atoms with E-state index in [0.29, 0.717) is 19.0 Å². The molecule has 2 heterocycles. The van der Waals surface area contributed by atoms with E-state index in [1.54, 1.807) is 7.05 Å². The average Bonchev–Trinajstić information content (AvgIpc) is 2.39. The highest BCUT2D eigenvalue weighted by Crippen LogP contribution is 2.21. The van der Waals surface area contributed by atoms with E-state index >= 15 is 0 Å². The number of hydrogen-bond acceptors (Lipinski definition) is 5. The van der Waals surface area contributed by atoms with E-state index in [0.717, 1.165) is 31.8 Å². The zero-order valence-corrected chi connectivity index (χ0v) is 12.5. The summed E-state index contributed by atoms with van der Waals surface area (Å²) in [5.41, 5.74) is 0. The maximum absolute atomic E-state index is 12.8. The van der Waals surface area contributed by atoms with E-state index in [2.05, 4.69) is 9.97 Å². The van der Waals surface area contributed by atoms with Crippen molar-refractivity contribution in [1.82, 2.24) is 14.3 Å². The van der Waals surface area contributed by atoms with Gasteiger partial charge in [0.1, 0.15) is 0 Å². The maximum Gasteiger partial charge on any atom is 0.225 e. The number of hydrogen-bond donors (Lipinski definition) is 0. The Morgan fingerprint density at radius 3 is 2.70 bits per heavy atom. The fourth-order valence-corrected chi connectivity index (χ4v) is 2.85. The van der Waals surface area contributed by atoms with Crippen LogP contribution in [0.25, 0.3) is 0 Å². The van der Waals surface area contributed by atoms with Gasteiger partial charge in [-0.05, 0) is 18.8 Å². The SMILES string of the molecule is CN(CC1CCCN(c2ncc(F)cn2)C1)S(C)(=O)=O. The molecule has 0 spiro atoms. The Bertz CT molecular complexity index is 549. The normalized spacial score (nSPS) is 20.4. The van der Waals surface area contributed by atoms with Crippen molar-refractivity contribution in [2.75, 3.05) is 37.8 Å². The molecule has 1 unspecified atom stereocenters. The first kappa shape index (κ1) is 15.1. The van der Waals surface area contributed by atoms with Gasteiger partial charge in [-0.3, -0.25) is 0 Å². The summed E-state index contributed by atoms with van der Waals surface area (Å²) in [6.45, 7) is 1.98. The zero-order valence-electron chi connectivity index (χ0n) is 11.7. The van der Waals surface area contributed by atoms with Gasteiger partial charge in [-0.25, -0.2) is 27.1 Å². The van der Waals surface area contributed by atoms with Gasteiger partial charge in [0.2, 0.25) is 16.0 Å². The van der Waals surface area contributed by atoms with Gasteiger partial charge in [0.25, 0.3) is 0 Å². The Balaban J connectivity index is 2.00. The first-order valence-electron chi connectivity index (χ1n) is 6.50. The second kappa shape index (κ2) is 6.01. The van der Waals surface area contributed by atoms with Gasteiger partial charge in [0, 0.05) is 26.7 Å². The van der Waals surface area contributed by atoms with Crippen LogP contribution in [-0.4, -0.2) is 55.6 Å². The second-order valence-electron chi connectivity index (χ2n) is 5.20. The lowest BCUT2D eigenvalue weighted by atomic mass is 9.98. The van der Waals surface area contributed by atoms with Crippen LogP contribution in [0.2, 0.25) is 0 Å². The maximum atomic E-state index is 12.8. The number of nitrogens with zero attached hydrogens (tertiary/aromatic N) is 4. The Labute approximate surface area is 118 Å². The molecule has 1 atom stereocenters. The minimum Gasteiger partial charge on any atom is -0.340 e. The Morgan fingerprint density at radius 1 is 1.45 bits per heavy atom. The predicted molar refractivity (Wildman–Crippen MR) is 74.4 cm³/mol. The Hall–Kier alpha value is -1.28. The van der Waals surface area contributed by atoms with Gasteiger partial charge in [0.15, 0.2) is 5.82 Å². The minimum absolute atomic E-state index is 0.233. The van der Waals surface area contributed by atoms with Gasteiger partial charge < -0.3 is 4.90 Å². The number of rotatable bonds is 4. The third-order valence-corrected chi connectivity index (χ3v) is 4.77. The highest BCUT2D eigenvalue weighted by molar-refractivity contribution is 7.88. The molecule has 0 radical (unpaired) electrons. The summed E-state index contributed by atoms with van der Waals surface area (Å²) in [5, 5.41) is 0. The number of sulfonamides is 1. The number of aromatic nitrogens is 2. The summed E-state index contributed by atoms with van der Waals surface area (Å²) < 4.78 is 37.1. The van der Waals surface area contributed by atoms with Crippen LogP contribution in [0.15, 0.2) is 12.4 Å². The molecule has 8 heteroatoms. The van der Waals surface area contributed by atoms with E-state index in [-0.39, 0.29) is 5.92 Å². The zero-order chi connectivity index (χ0) is 14.8. The van der Waals surface area contributed by atoms with Gasteiger partial charge in [-0.2, -0.15) is 0 Å². The van der Waals surface area contributed by atoms with Crippen molar-refractivity contribution >= 4 is 16.0 Å². The van der Waals surface area contributed by atoms with Crippen LogP contribution >= 0.6 is 0 Å². The first-order valence-corrected chi connectivity index (χ1v) is 8.35. The molecule has 0 bridgehead atoms. The van der Waals surface area contributed by atoms with E-state index in [1.165, 1.54) is 10.6 Å². The summed E-state index contributed by atoms with van der Waals surface area (Å²) in [4.78, 5) is 9.92. The van der Waals surface area contributed by atoms with Crippen molar-refractivity contribution in [3.8, 4) is 0 Å². The van der Waals surface area contributed by atoms with Gasteiger partial charge in [-0.1, -0.05) is 0 Å². The molecule has 1 saturated heterocycles. The molecule has 112 valence electrons. The number of halogens is 1. The van der Waals surface area contributed by atoms with Crippen LogP contribution in [0.1, 0.15) is 12.8 Å². The highest BCUT2D eigenvalue weighted by atomic mass is 32.2. The van der Waals surface area contributed by atoms with Crippen LogP contribution in [0, 0.1) is 11.7 Å². The number of piperidine rings is 1. The molecule has 0 saturated carbocycles. The van der Waals surface area contributed by atoms with Crippen molar-refractivity contribution < 1.29 is 12.8 Å². The lowest BCUT2D eigenvalue weighted by Crippen LogP contribution is -2.42. The van der Waals surface area contributed by atoms with E-state index < -0.39 is 15.8 Å². The van der Waals surface area contributed by atoms with E-state index in [9.17, 15) is 12.8 Å². The smallest absolute Gasteiger partial charge is 0.225 e. The number of anilines is 1. The molecule has 1 fully saturated rings. The topological polar surface area (TPSA) is 66.4 Å². The standard InChI is InChI=1S/C12H19FN4O2S/c1-16(20(2,18)19)8-10-4-3-5-17(9-10)12-14-6-11(13)7-15-12/h6-7,10H,3-5,8-9H2,1-2H3. The monoisotopic (exact) mass is 302 g/mol. The molecule has 1 aromatic heterocycles.